The van der Waals surface area contributed by atoms with Crippen molar-refractivity contribution in [1.29, 1.82) is 5.26 Å². The van der Waals surface area contributed by atoms with Gasteiger partial charge in [0.15, 0.2) is 0 Å². The highest BCUT2D eigenvalue weighted by atomic mass is 16.4. The Morgan fingerprint density at radius 1 is 1.40 bits per heavy atom. The minimum absolute atomic E-state index is 0.188. The van der Waals surface area contributed by atoms with Gasteiger partial charge in [-0.05, 0) is 31.0 Å². The summed E-state index contributed by atoms with van der Waals surface area (Å²) < 4.78 is 0. The fourth-order valence-electron chi connectivity index (χ4n) is 1.46. The molecule has 0 fully saturated rings. The summed E-state index contributed by atoms with van der Waals surface area (Å²) in [6.45, 7) is 3.35. The molecule has 1 aromatic carbocycles. The number of anilines is 1. The van der Waals surface area contributed by atoms with E-state index in [1.54, 1.807) is 6.07 Å². The Hall–Kier alpha value is -2.81. The van der Waals surface area contributed by atoms with Gasteiger partial charge in [0, 0.05) is 11.9 Å². The Labute approximate surface area is 116 Å². The molecule has 0 aliphatic carbocycles. The number of carboxylic acids is 1. The SMILES string of the molecule is Cc1cccc(N/C=C(/C#N)C(=O)NCC(=O)O)c1C. The van der Waals surface area contributed by atoms with Gasteiger partial charge in [0.1, 0.15) is 18.2 Å². The van der Waals surface area contributed by atoms with Gasteiger partial charge in [0.2, 0.25) is 0 Å². The largest absolute Gasteiger partial charge is 0.480 e. The summed E-state index contributed by atoms with van der Waals surface area (Å²) in [7, 11) is 0. The lowest BCUT2D eigenvalue weighted by Crippen LogP contribution is -2.30. The Kier molecular flexibility index (Phi) is 5.30. The monoisotopic (exact) mass is 273 g/mol. The maximum Gasteiger partial charge on any atom is 0.322 e. The minimum Gasteiger partial charge on any atom is -0.480 e. The fraction of sp³-hybridized carbons (Fsp3) is 0.214. The quantitative estimate of drug-likeness (QED) is 0.554. The normalized spacial score (nSPS) is 10.6. The summed E-state index contributed by atoms with van der Waals surface area (Å²) in [6, 6.07) is 7.36. The fourth-order valence-corrected chi connectivity index (χ4v) is 1.46. The second-order valence-corrected chi connectivity index (χ2v) is 4.14. The molecule has 0 saturated heterocycles. The predicted octanol–water partition coefficient (Wildman–Crippen LogP) is 1.32. The lowest BCUT2D eigenvalue weighted by molar-refractivity contribution is -0.137. The van der Waals surface area contributed by atoms with Crippen LogP contribution in [-0.4, -0.2) is 23.5 Å². The van der Waals surface area contributed by atoms with Crippen LogP contribution in [-0.2, 0) is 9.59 Å². The number of aryl methyl sites for hydroxylation is 1. The van der Waals surface area contributed by atoms with Crippen molar-refractivity contribution in [2.45, 2.75) is 13.8 Å². The van der Waals surface area contributed by atoms with Gasteiger partial charge in [-0.1, -0.05) is 12.1 Å². The van der Waals surface area contributed by atoms with Crippen molar-refractivity contribution in [2.75, 3.05) is 11.9 Å². The van der Waals surface area contributed by atoms with Crippen LogP contribution in [0.3, 0.4) is 0 Å². The molecule has 104 valence electrons. The number of nitrogens with zero attached hydrogens (tertiary/aromatic N) is 1. The summed E-state index contributed by atoms with van der Waals surface area (Å²) in [5.74, 6) is -1.90. The van der Waals surface area contributed by atoms with Crippen LogP contribution in [0.25, 0.3) is 0 Å². The van der Waals surface area contributed by atoms with E-state index in [2.05, 4.69) is 10.6 Å². The highest BCUT2D eigenvalue weighted by Gasteiger charge is 2.10. The Morgan fingerprint density at radius 2 is 2.10 bits per heavy atom. The molecule has 1 rings (SSSR count). The van der Waals surface area contributed by atoms with Crippen molar-refractivity contribution in [3.8, 4) is 6.07 Å². The first-order valence-corrected chi connectivity index (χ1v) is 5.88. The number of nitriles is 1. The van der Waals surface area contributed by atoms with Crippen LogP contribution in [0, 0.1) is 25.2 Å². The first kappa shape index (κ1) is 15.2. The molecule has 6 nitrogen and oxygen atoms in total. The summed E-state index contributed by atoms with van der Waals surface area (Å²) in [4.78, 5) is 21.9. The van der Waals surface area contributed by atoms with Crippen LogP contribution in [0.4, 0.5) is 5.69 Å². The van der Waals surface area contributed by atoms with Crippen LogP contribution in [0.15, 0.2) is 30.0 Å². The highest BCUT2D eigenvalue weighted by Crippen LogP contribution is 2.18. The maximum absolute atomic E-state index is 11.5. The molecule has 0 heterocycles. The molecule has 1 aromatic rings. The molecule has 6 heteroatoms. The van der Waals surface area contributed by atoms with E-state index in [1.807, 2.05) is 32.0 Å². The van der Waals surface area contributed by atoms with E-state index < -0.39 is 18.4 Å². The number of hydrogen-bond donors (Lipinski definition) is 3. The van der Waals surface area contributed by atoms with Crippen LogP contribution in [0.5, 0.6) is 0 Å². The third-order valence-electron chi connectivity index (χ3n) is 2.74. The molecule has 0 atom stereocenters. The van der Waals surface area contributed by atoms with E-state index in [9.17, 15) is 9.59 Å². The highest BCUT2D eigenvalue weighted by molar-refractivity contribution is 5.98. The molecule has 1 amide bonds. The average Bonchev–Trinajstić information content (AvgIpc) is 2.41. The van der Waals surface area contributed by atoms with E-state index >= 15 is 0 Å². The molecular weight excluding hydrogens is 258 g/mol. The summed E-state index contributed by atoms with van der Waals surface area (Å²) in [5, 5.41) is 22.4. The molecule has 0 aromatic heterocycles. The number of benzene rings is 1. The second-order valence-electron chi connectivity index (χ2n) is 4.14. The zero-order chi connectivity index (χ0) is 15.1. The number of nitrogens with one attached hydrogen (secondary N) is 2. The first-order chi connectivity index (χ1) is 9.45. The molecule has 3 N–H and O–H groups in total. The number of carbonyl (C=O) groups is 2. The number of aliphatic carboxylic acids is 1. The van der Waals surface area contributed by atoms with Crippen molar-refractivity contribution in [3.63, 3.8) is 0 Å². The number of amides is 1. The zero-order valence-electron chi connectivity index (χ0n) is 11.2. The van der Waals surface area contributed by atoms with Gasteiger partial charge in [-0.15, -0.1) is 0 Å². The number of carbonyl (C=O) groups excluding carboxylic acids is 1. The van der Waals surface area contributed by atoms with Crippen molar-refractivity contribution >= 4 is 17.6 Å². The van der Waals surface area contributed by atoms with E-state index in [0.29, 0.717) is 0 Å². The van der Waals surface area contributed by atoms with Crippen molar-refractivity contribution in [1.82, 2.24) is 5.32 Å². The van der Waals surface area contributed by atoms with Gasteiger partial charge in [-0.3, -0.25) is 9.59 Å². The predicted molar refractivity (Wildman–Crippen MR) is 73.9 cm³/mol. The summed E-state index contributed by atoms with van der Waals surface area (Å²) in [5.41, 5.74) is 2.68. The first-order valence-electron chi connectivity index (χ1n) is 5.88. The van der Waals surface area contributed by atoms with Gasteiger partial charge >= 0.3 is 5.97 Å². The molecule has 0 aliphatic heterocycles. The Bertz CT molecular complexity index is 600. The molecular formula is C14H15N3O3. The van der Waals surface area contributed by atoms with E-state index in [-0.39, 0.29) is 5.57 Å². The van der Waals surface area contributed by atoms with Crippen LogP contribution in [0.2, 0.25) is 0 Å². The zero-order valence-corrected chi connectivity index (χ0v) is 11.2. The summed E-state index contributed by atoms with van der Waals surface area (Å²) >= 11 is 0. The number of carboxylic acid groups (broad SMARTS) is 1. The molecule has 0 spiro atoms. The smallest absolute Gasteiger partial charge is 0.322 e. The summed E-state index contributed by atoms with van der Waals surface area (Å²) in [6.07, 6.45) is 1.26. The Balaban J connectivity index is 2.80. The van der Waals surface area contributed by atoms with Gasteiger partial charge in [0.25, 0.3) is 5.91 Å². The van der Waals surface area contributed by atoms with E-state index in [1.165, 1.54) is 6.20 Å². The standard InChI is InChI=1S/C14H15N3O3/c1-9-4-3-5-12(10(9)2)16-7-11(6-15)14(20)17-8-13(18)19/h3-5,7,16H,8H2,1-2H3,(H,17,20)(H,18,19)/b11-7-. The third kappa shape index (κ3) is 4.14. The van der Waals surface area contributed by atoms with Crippen molar-refractivity contribution < 1.29 is 14.7 Å². The maximum atomic E-state index is 11.5. The van der Waals surface area contributed by atoms with Gasteiger partial charge < -0.3 is 15.7 Å². The lowest BCUT2D eigenvalue weighted by Gasteiger charge is -2.08. The topological polar surface area (TPSA) is 102 Å². The van der Waals surface area contributed by atoms with Crippen LogP contribution in [0.1, 0.15) is 11.1 Å². The third-order valence-corrected chi connectivity index (χ3v) is 2.74. The van der Waals surface area contributed by atoms with Gasteiger partial charge in [-0.25, -0.2) is 0 Å². The molecule has 0 saturated carbocycles. The van der Waals surface area contributed by atoms with Gasteiger partial charge in [-0.2, -0.15) is 5.26 Å². The van der Waals surface area contributed by atoms with Crippen LogP contribution >= 0.6 is 0 Å². The van der Waals surface area contributed by atoms with E-state index in [4.69, 9.17) is 10.4 Å². The van der Waals surface area contributed by atoms with Crippen molar-refractivity contribution in [3.05, 3.63) is 41.1 Å². The minimum atomic E-state index is -1.17. The molecule has 0 aliphatic rings. The van der Waals surface area contributed by atoms with E-state index in [0.717, 1.165) is 16.8 Å². The van der Waals surface area contributed by atoms with Gasteiger partial charge in [0.05, 0.1) is 0 Å². The Morgan fingerprint density at radius 3 is 2.70 bits per heavy atom. The number of rotatable bonds is 5. The second kappa shape index (κ2) is 6.95. The molecule has 20 heavy (non-hydrogen) atoms. The van der Waals surface area contributed by atoms with Crippen LogP contribution < -0.4 is 10.6 Å². The average molecular weight is 273 g/mol. The molecule has 0 radical (unpaired) electrons. The lowest BCUT2D eigenvalue weighted by atomic mass is 10.1. The van der Waals surface area contributed by atoms with Crippen molar-refractivity contribution in [2.24, 2.45) is 0 Å². The molecule has 0 bridgehead atoms. The molecule has 0 unspecified atom stereocenters. The number of hydrogen-bond acceptors (Lipinski definition) is 4.